The van der Waals surface area contributed by atoms with E-state index in [4.69, 9.17) is 35.0 Å². The number of rotatable bonds is 1. The van der Waals surface area contributed by atoms with E-state index in [9.17, 15) is 19.7 Å². The zero-order valence-electron chi connectivity index (χ0n) is 8.89. The lowest BCUT2D eigenvalue weighted by molar-refractivity contribution is -0.385. The summed E-state index contributed by atoms with van der Waals surface area (Å²) in [6.07, 6.45) is 0. The average molecular weight is 322 g/mol. The van der Waals surface area contributed by atoms with Gasteiger partial charge < -0.3 is 0 Å². The Morgan fingerprint density at radius 2 is 1.89 bits per heavy atom. The molecule has 0 heterocycles. The number of nitrogens with zero attached hydrogens (tertiary/aromatic N) is 2. The third kappa shape index (κ3) is 1.92. The minimum absolute atomic E-state index is 0.199. The van der Waals surface area contributed by atoms with Crippen molar-refractivity contribution in [3.05, 3.63) is 39.4 Å². The van der Waals surface area contributed by atoms with E-state index in [2.05, 4.69) is 4.51 Å². The first-order valence-corrected chi connectivity index (χ1v) is 5.86. The van der Waals surface area contributed by atoms with Crippen LogP contribution in [0.3, 0.4) is 0 Å². The third-order valence-electron chi connectivity index (χ3n) is 2.59. The molecular weight excluding hydrogens is 318 g/mol. The number of carbonyl (C=O) groups is 2. The van der Waals surface area contributed by atoms with Crippen molar-refractivity contribution in [1.29, 1.82) is 0 Å². The van der Waals surface area contributed by atoms with Crippen molar-refractivity contribution in [3.63, 3.8) is 0 Å². The van der Waals surface area contributed by atoms with E-state index in [0.29, 0.717) is 0 Å². The van der Waals surface area contributed by atoms with Crippen LogP contribution < -0.4 is 0 Å². The van der Waals surface area contributed by atoms with E-state index in [1.54, 1.807) is 0 Å². The fourth-order valence-electron chi connectivity index (χ4n) is 1.75. The minimum atomic E-state index is -2.34. The molecule has 6 nitrogen and oxygen atoms in total. The molecule has 0 N–H and O–H groups in total. The SMILES string of the molecule is O=C1C(=NCl)C(Cl)(Cl)C(=O)c2c1cccc2[N+](=O)[O-]. The van der Waals surface area contributed by atoms with Gasteiger partial charge in [-0.15, -0.1) is 0 Å². The first-order chi connectivity index (χ1) is 8.82. The monoisotopic (exact) mass is 320 g/mol. The number of hydrogen-bond donors (Lipinski definition) is 0. The van der Waals surface area contributed by atoms with Gasteiger partial charge in [-0.25, -0.2) is 0 Å². The molecule has 0 aliphatic heterocycles. The number of carbonyl (C=O) groups excluding carboxylic acids is 2. The summed E-state index contributed by atoms with van der Waals surface area (Å²) in [4.78, 5) is 34.2. The Labute approximate surface area is 121 Å². The molecule has 0 amide bonds. The van der Waals surface area contributed by atoms with Gasteiger partial charge in [-0.05, 0) is 6.07 Å². The molecule has 0 atom stereocenters. The minimum Gasteiger partial charge on any atom is -0.290 e. The average Bonchev–Trinajstić information content (AvgIpc) is 2.35. The number of ketones is 2. The van der Waals surface area contributed by atoms with Gasteiger partial charge in [0.05, 0.1) is 4.92 Å². The first-order valence-electron chi connectivity index (χ1n) is 4.76. The quantitative estimate of drug-likeness (QED) is 0.452. The number of halogens is 3. The molecule has 1 aliphatic carbocycles. The molecule has 0 bridgehead atoms. The summed E-state index contributed by atoms with van der Waals surface area (Å²) in [7, 11) is 0. The molecular formula is C10H3Cl3N2O4. The van der Waals surface area contributed by atoms with Gasteiger partial charge in [0.25, 0.3) is 5.69 Å². The lowest BCUT2D eigenvalue weighted by Gasteiger charge is -2.24. The predicted octanol–water partition coefficient (Wildman–Crippen LogP) is 2.74. The molecule has 1 aromatic carbocycles. The Balaban J connectivity index is 2.85. The fraction of sp³-hybridized carbons (Fsp3) is 0.100. The van der Waals surface area contributed by atoms with Crippen molar-refractivity contribution in [3.8, 4) is 0 Å². The van der Waals surface area contributed by atoms with Crippen LogP contribution in [0.15, 0.2) is 22.7 Å². The normalized spacial score (nSPS) is 19.4. The molecule has 0 unspecified atom stereocenters. The van der Waals surface area contributed by atoms with Crippen LogP contribution in [0.1, 0.15) is 20.7 Å². The number of nitro groups is 1. The Kier molecular flexibility index (Phi) is 3.34. The summed E-state index contributed by atoms with van der Waals surface area (Å²) in [5, 5.41) is 10.9. The van der Waals surface area contributed by atoms with Crippen LogP contribution in [0.2, 0.25) is 0 Å². The molecule has 0 aromatic heterocycles. The van der Waals surface area contributed by atoms with Gasteiger partial charge >= 0.3 is 0 Å². The zero-order chi connectivity index (χ0) is 14.4. The van der Waals surface area contributed by atoms with Gasteiger partial charge in [0.1, 0.15) is 11.3 Å². The summed E-state index contributed by atoms with van der Waals surface area (Å²) in [6.45, 7) is 0. The van der Waals surface area contributed by atoms with Crippen LogP contribution >= 0.6 is 35.0 Å². The summed E-state index contributed by atoms with van der Waals surface area (Å²) >= 11 is 16.7. The van der Waals surface area contributed by atoms with Gasteiger partial charge in [-0.2, -0.15) is 4.51 Å². The second-order valence-electron chi connectivity index (χ2n) is 3.62. The Hall–Kier alpha value is -1.50. The van der Waals surface area contributed by atoms with Crippen molar-refractivity contribution in [1.82, 2.24) is 0 Å². The summed E-state index contributed by atoms with van der Waals surface area (Å²) < 4.78 is 0.755. The highest BCUT2D eigenvalue weighted by atomic mass is 35.5. The smallest absolute Gasteiger partial charge is 0.281 e. The third-order valence-corrected chi connectivity index (χ3v) is 3.46. The predicted molar refractivity (Wildman–Crippen MR) is 69.5 cm³/mol. The summed E-state index contributed by atoms with van der Waals surface area (Å²) in [6, 6.07) is 3.59. The van der Waals surface area contributed by atoms with E-state index >= 15 is 0 Å². The van der Waals surface area contributed by atoms with Crippen LogP contribution in [0.5, 0.6) is 0 Å². The van der Waals surface area contributed by atoms with E-state index in [1.807, 2.05) is 0 Å². The van der Waals surface area contributed by atoms with Gasteiger partial charge in [-0.1, -0.05) is 29.3 Å². The molecule has 0 saturated heterocycles. The lowest BCUT2D eigenvalue weighted by atomic mass is 9.86. The van der Waals surface area contributed by atoms with E-state index in [0.717, 1.165) is 6.07 Å². The molecule has 1 aliphatic rings. The highest BCUT2D eigenvalue weighted by Gasteiger charge is 2.52. The number of benzene rings is 1. The topological polar surface area (TPSA) is 89.6 Å². The number of Topliss-reactive ketones (excluding diaryl/α,β-unsaturated/α-hetero) is 2. The standard InChI is InChI=1S/C10H3Cl3N2O4/c11-10(12)8(14-13)7(16)4-2-1-3-5(15(18)19)6(4)9(10)17/h1-3H. The van der Waals surface area contributed by atoms with Gasteiger partial charge in [0, 0.05) is 23.4 Å². The zero-order valence-corrected chi connectivity index (χ0v) is 11.2. The molecule has 2 rings (SSSR count). The van der Waals surface area contributed by atoms with E-state index in [-0.39, 0.29) is 5.56 Å². The maximum Gasteiger partial charge on any atom is 0.281 e. The maximum atomic E-state index is 12.1. The Morgan fingerprint density at radius 1 is 1.26 bits per heavy atom. The number of alkyl halides is 2. The highest BCUT2D eigenvalue weighted by Crippen LogP contribution is 2.39. The van der Waals surface area contributed by atoms with Crippen LogP contribution in [-0.2, 0) is 0 Å². The van der Waals surface area contributed by atoms with Crippen LogP contribution in [0.4, 0.5) is 5.69 Å². The van der Waals surface area contributed by atoms with Crippen LogP contribution in [-0.4, -0.2) is 26.5 Å². The largest absolute Gasteiger partial charge is 0.290 e. The van der Waals surface area contributed by atoms with Crippen LogP contribution in [0.25, 0.3) is 0 Å². The van der Waals surface area contributed by atoms with Crippen molar-refractivity contribution >= 4 is 57.9 Å². The van der Waals surface area contributed by atoms with Crippen molar-refractivity contribution in [2.24, 2.45) is 4.51 Å². The van der Waals surface area contributed by atoms with E-state index < -0.39 is 37.8 Å². The number of fused-ring (bicyclic) bond motifs is 1. The summed E-state index contributed by atoms with van der Waals surface area (Å²) in [5.74, 6) is -1.82. The molecule has 0 radical (unpaired) electrons. The molecule has 0 saturated carbocycles. The molecule has 1 aromatic rings. The van der Waals surface area contributed by atoms with Gasteiger partial charge in [0.15, 0.2) is 0 Å². The number of hydrogen-bond acceptors (Lipinski definition) is 5. The van der Waals surface area contributed by atoms with Crippen LogP contribution in [0, 0.1) is 10.1 Å². The van der Waals surface area contributed by atoms with Gasteiger partial charge in [0.2, 0.25) is 15.9 Å². The second kappa shape index (κ2) is 4.56. The van der Waals surface area contributed by atoms with Crippen molar-refractivity contribution < 1.29 is 14.5 Å². The molecule has 9 heteroatoms. The molecule has 98 valence electrons. The fourth-order valence-corrected chi connectivity index (χ4v) is 2.48. The van der Waals surface area contributed by atoms with Gasteiger partial charge in [-0.3, -0.25) is 19.7 Å². The first kappa shape index (κ1) is 13.9. The second-order valence-corrected chi connectivity index (χ2v) is 5.12. The highest BCUT2D eigenvalue weighted by molar-refractivity contribution is 6.81. The summed E-state index contributed by atoms with van der Waals surface area (Å²) in [5.41, 5.74) is -1.76. The van der Waals surface area contributed by atoms with Crippen molar-refractivity contribution in [2.45, 2.75) is 4.33 Å². The molecule has 0 spiro atoms. The Morgan fingerprint density at radius 3 is 2.42 bits per heavy atom. The lowest BCUT2D eigenvalue weighted by Crippen LogP contribution is -2.45. The molecule has 0 fully saturated rings. The van der Waals surface area contributed by atoms with Crippen molar-refractivity contribution in [2.75, 3.05) is 0 Å². The molecule has 19 heavy (non-hydrogen) atoms. The Bertz CT molecular complexity index is 654. The maximum absolute atomic E-state index is 12.1. The number of nitro benzene ring substituents is 1. The van der Waals surface area contributed by atoms with E-state index in [1.165, 1.54) is 12.1 Å².